The quantitative estimate of drug-likeness (QED) is 0.727. The molecule has 0 unspecified atom stereocenters. The number of aliphatic hydroxyl groups excluding tert-OH is 1. The van der Waals surface area contributed by atoms with Crippen LogP contribution in [0.4, 0.5) is 5.69 Å². The number of benzene rings is 1. The van der Waals surface area contributed by atoms with Gasteiger partial charge in [0.05, 0.1) is 17.0 Å². The Bertz CT molecular complexity index is 470. The molecule has 18 heavy (non-hydrogen) atoms. The van der Waals surface area contributed by atoms with Gasteiger partial charge in [-0.3, -0.25) is 0 Å². The van der Waals surface area contributed by atoms with Crippen molar-refractivity contribution in [2.24, 2.45) is 5.14 Å². The Balaban J connectivity index is 2.93. The molecule has 1 rings (SSSR count). The van der Waals surface area contributed by atoms with Gasteiger partial charge in [-0.2, -0.15) is 0 Å². The average molecular weight is 272 g/mol. The predicted molar refractivity (Wildman–Crippen MR) is 71.8 cm³/mol. The Kier molecular flexibility index (Phi) is 4.72. The van der Waals surface area contributed by atoms with Crippen LogP contribution in [0.25, 0.3) is 0 Å². The summed E-state index contributed by atoms with van der Waals surface area (Å²) in [4.78, 5) is 0.0793. The fourth-order valence-corrected chi connectivity index (χ4v) is 2.24. The molecule has 0 amide bonds. The first-order valence-electron chi connectivity index (χ1n) is 5.89. The fraction of sp³-hybridized carbons (Fsp3) is 0.500. The van der Waals surface area contributed by atoms with Gasteiger partial charge in [-0.25, -0.2) is 13.6 Å². The average Bonchev–Trinajstić information content (AvgIpc) is 2.36. The molecule has 0 saturated carbocycles. The van der Waals surface area contributed by atoms with E-state index in [4.69, 9.17) is 5.14 Å². The standard InChI is InChI=1S/C12H20N2O3S/c1-3-12(4-2,9-15)14-10-5-7-11(8-6-10)18(13,16)17/h5-8,14-15H,3-4,9H2,1-2H3,(H2,13,16,17). The number of aliphatic hydroxyl groups is 1. The maximum atomic E-state index is 11.1. The Morgan fingerprint density at radius 1 is 1.22 bits per heavy atom. The second-order valence-electron chi connectivity index (χ2n) is 4.34. The van der Waals surface area contributed by atoms with E-state index in [0.717, 1.165) is 18.5 Å². The zero-order valence-electron chi connectivity index (χ0n) is 10.7. The smallest absolute Gasteiger partial charge is 0.238 e. The minimum atomic E-state index is -3.66. The fourth-order valence-electron chi connectivity index (χ4n) is 1.72. The third kappa shape index (κ3) is 3.44. The van der Waals surface area contributed by atoms with E-state index >= 15 is 0 Å². The van der Waals surface area contributed by atoms with Crippen LogP contribution in [0.3, 0.4) is 0 Å². The van der Waals surface area contributed by atoms with E-state index in [1.807, 2.05) is 13.8 Å². The van der Waals surface area contributed by atoms with Crippen LogP contribution in [-0.2, 0) is 10.0 Å². The van der Waals surface area contributed by atoms with E-state index in [1.165, 1.54) is 12.1 Å². The molecule has 0 aromatic heterocycles. The van der Waals surface area contributed by atoms with Gasteiger partial charge in [-0.05, 0) is 37.1 Å². The van der Waals surface area contributed by atoms with Crippen molar-refractivity contribution >= 4 is 15.7 Å². The minimum absolute atomic E-state index is 0.0247. The van der Waals surface area contributed by atoms with Crippen LogP contribution in [0.1, 0.15) is 26.7 Å². The lowest BCUT2D eigenvalue weighted by Crippen LogP contribution is -2.40. The van der Waals surface area contributed by atoms with Gasteiger partial charge < -0.3 is 10.4 Å². The van der Waals surface area contributed by atoms with Gasteiger partial charge in [0.2, 0.25) is 10.0 Å². The lowest BCUT2D eigenvalue weighted by atomic mass is 9.93. The van der Waals surface area contributed by atoms with E-state index < -0.39 is 10.0 Å². The molecule has 0 aliphatic heterocycles. The van der Waals surface area contributed by atoms with Gasteiger partial charge in [-0.15, -0.1) is 0 Å². The molecule has 0 bridgehead atoms. The zero-order chi connectivity index (χ0) is 13.8. The van der Waals surface area contributed by atoms with Crippen LogP contribution >= 0.6 is 0 Å². The molecule has 0 aliphatic rings. The zero-order valence-corrected chi connectivity index (χ0v) is 11.5. The third-order valence-electron chi connectivity index (χ3n) is 3.25. The Hall–Kier alpha value is -1.11. The number of anilines is 1. The number of rotatable bonds is 6. The van der Waals surface area contributed by atoms with Gasteiger partial charge in [0.15, 0.2) is 0 Å². The van der Waals surface area contributed by atoms with Crippen LogP contribution in [0, 0.1) is 0 Å². The molecule has 102 valence electrons. The van der Waals surface area contributed by atoms with Crippen LogP contribution in [0.2, 0.25) is 0 Å². The molecule has 0 radical (unpaired) electrons. The first-order chi connectivity index (χ1) is 8.37. The summed E-state index contributed by atoms with van der Waals surface area (Å²) in [5.41, 5.74) is 0.392. The van der Waals surface area contributed by atoms with E-state index in [2.05, 4.69) is 5.32 Å². The maximum Gasteiger partial charge on any atom is 0.238 e. The molecule has 0 spiro atoms. The lowest BCUT2D eigenvalue weighted by molar-refractivity contribution is 0.202. The van der Waals surface area contributed by atoms with E-state index in [0.29, 0.717) is 0 Å². The van der Waals surface area contributed by atoms with Gasteiger partial charge in [0.1, 0.15) is 0 Å². The van der Waals surface area contributed by atoms with E-state index in [1.54, 1.807) is 12.1 Å². The number of hydrogen-bond donors (Lipinski definition) is 3. The maximum absolute atomic E-state index is 11.1. The first-order valence-corrected chi connectivity index (χ1v) is 7.43. The molecular formula is C12H20N2O3S. The predicted octanol–water partition coefficient (Wildman–Crippen LogP) is 1.30. The summed E-state index contributed by atoms with van der Waals surface area (Å²) in [5.74, 6) is 0. The summed E-state index contributed by atoms with van der Waals surface area (Å²) in [6, 6.07) is 6.20. The van der Waals surface area contributed by atoms with Gasteiger partial charge in [-0.1, -0.05) is 13.8 Å². The van der Waals surface area contributed by atoms with Crippen LogP contribution in [-0.4, -0.2) is 25.7 Å². The molecule has 0 heterocycles. The molecule has 0 atom stereocenters. The second kappa shape index (κ2) is 5.69. The summed E-state index contributed by atoms with van der Waals surface area (Å²) < 4.78 is 22.2. The van der Waals surface area contributed by atoms with Gasteiger partial charge in [0.25, 0.3) is 0 Å². The summed E-state index contributed by atoms with van der Waals surface area (Å²) in [6.07, 6.45) is 1.55. The molecule has 0 aliphatic carbocycles. The van der Waals surface area contributed by atoms with Crippen molar-refractivity contribution in [3.8, 4) is 0 Å². The molecule has 1 aromatic rings. The number of primary sulfonamides is 1. The van der Waals surface area contributed by atoms with Gasteiger partial charge in [0, 0.05) is 5.69 Å². The summed E-state index contributed by atoms with van der Waals surface area (Å²) in [5, 5.41) is 17.7. The van der Waals surface area contributed by atoms with Crippen LogP contribution < -0.4 is 10.5 Å². The van der Waals surface area contributed by atoms with Crippen molar-refractivity contribution in [3.63, 3.8) is 0 Å². The molecular weight excluding hydrogens is 252 g/mol. The van der Waals surface area contributed by atoms with Crippen LogP contribution in [0.15, 0.2) is 29.2 Å². The number of hydrogen-bond acceptors (Lipinski definition) is 4. The van der Waals surface area contributed by atoms with Crippen molar-refractivity contribution in [2.45, 2.75) is 37.1 Å². The first kappa shape index (κ1) is 14.9. The highest BCUT2D eigenvalue weighted by Gasteiger charge is 2.24. The number of nitrogens with two attached hydrogens (primary N) is 1. The minimum Gasteiger partial charge on any atom is -0.394 e. The second-order valence-corrected chi connectivity index (χ2v) is 5.90. The normalized spacial score (nSPS) is 12.4. The summed E-state index contributed by atoms with van der Waals surface area (Å²) in [7, 11) is -3.66. The SMILES string of the molecule is CCC(CC)(CO)Nc1ccc(S(N)(=O)=O)cc1. The molecule has 0 saturated heterocycles. The van der Waals surface area contributed by atoms with E-state index in [-0.39, 0.29) is 17.0 Å². The Morgan fingerprint density at radius 2 is 1.72 bits per heavy atom. The summed E-state index contributed by atoms with van der Waals surface area (Å²) in [6.45, 7) is 4.01. The molecule has 6 heteroatoms. The molecule has 1 aromatic carbocycles. The van der Waals surface area contributed by atoms with Crippen molar-refractivity contribution in [3.05, 3.63) is 24.3 Å². The molecule has 0 fully saturated rings. The van der Waals surface area contributed by atoms with Crippen LogP contribution in [0.5, 0.6) is 0 Å². The summed E-state index contributed by atoms with van der Waals surface area (Å²) >= 11 is 0. The lowest BCUT2D eigenvalue weighted by Gasteiger charge is -2.32. The van der Waals surface area contributed by atoms with Crippen molar-refractivity contribution < 1.29 is 13.5 Å². The Morgan fingerprint density at radius 3 is 2.06 bits per heavy atom. The molecule has 4 N–H and O–H groups in total. The monoisotopic (exact) mass is 272 g/mol. The van der Waals surface area contributed by atoms with Crippen molar-refractivity contribution in [2.75, 3.05) is 11.9 Å². The number of sulfonamides is 1. The van der Waals surface area contributed by atoms with Crippen molar-refractivity contribution in [1.82, 2.24) is 0 Å². The molecule has 5 nitrogen and oxygen atoms in total. The van der Waals surface area contributed by atoms with Crippen molar-refractivity contribution in [1.29, 1.82) is 0 Å². The van der Waals surface area contributed by atoms with E-state index in [9.17, 15) is 13.5 Å². The largest absolute Gasteiger partial charge is 0.394 e. The number of nitrogens with one attached hydrogen (secondary N) is 1. The highest BCUT2D eigenvalue weighted by molar-refractivity contribution is 7.89. The highest BCUT2D eigenvalue weighted by atomic mass is 32.2. The highest BCUT2D eigenvalue weighted by Crippen LogP contribution is 2.22. The van der Waals surface area contributed by atoms with Gasteiger partial charge >= 0.3 is 0 Å². The Labute approximate surface area is 108 Å². The third-order valence-corrected chi connectivity index (χ3v) is 4.18. The topological polar surface area (TPSA) is 92.4 Å².